The normalized spacial score (nSPS) is 10.2. The van der Waals surface area contributed by atoms with Crippen LogP contribution in [0.2, 0.25) is 0 Å². The molecule has 0 radical (unpaired) electrons. The molecule has 2 aromatic rings. The van der Waals surface area contributed by atoms with Crippen LogP contribution >= 0.6 is 0 Å². The first kappa shape index (κ1) is 14.1. The van der Waals surface area contributed by atoms with Crippen LogP contribution < -0.4 is 14.8 Å². The van der Waals surface area contributed by atoms with Gasteiger partial charge >= 0.3 is 0 Å². The quantitative estimate of drug-likeness (QED) is 0.907. The molecule has 0 saturated carbocycles. The number of nitrogens with one attached hydrogen (secondary N) is 1. The van der Waals surface area contributed by atoms with Crippen molar-refractivity contribution in [1.29, 1.82) is 0 Å². The second kappa shape index (κ2) is 6.23. The van der Waals surface area contributed by atoms with Gasteiger partial charge in [-0.1, -0.05) is 0 Å². The summed E-state index contributed by atoms with van der Waals surface area (Å²) in [5.74, 6) is -0.382. The number of hydrogen-bond donors (Lipinski definition) is 1. The molecule has 3 nitrogen and oxygen atoms in total. The highest BCUT2D eigenvalue weighted by molar-refractivity contribution is 5.47. The molecule has 0 atom stereocenters. The van der Waals surface area contributed by atoms with E-state index in [-0.39, 0.29) is 0 Å². The van der Waals surface area contributed by atoms with Crippen molar-refractivity contribution in [3.63, 3.8) is 0 Å². The summed E-state index contributed by atoms with van der Waals surface area (Å²) in [4.78, 5) is 0. The predicted octanol–water partition coefficient (Wildman–Crippen LogP) is 3.59. The third kappa shape index (κ3) is 3.17. The molecular weight excluding hydrogens is 264 g/mol. The van der Waals surface area contributed by atoms with E-state index in [1.165, 1.54) is 6.07 Å². The summed E-state index contributed by atoms with van der Waals surface area (Å²) in [6.07, 6.45) is 0. The van der Waals surface area contributed by atoms with Crippen molar-refractivity contribution < 1.29 is 18.3 Å². The summed E-state index contributed by atoms with van der Waals surface area (Å²) in [5, 5.41) is 3.01. The van der Waals surface area contributed by atoms with Crippen LogP contribution in [-0.4, -0.2) is 14.2 Å². The Morgan fingerprint density at radius 3 is 2.40 bits per heavy atom. The van der Waals surface area contributed by atoms with Gasteiger partial charge in [0.25, 0.3) is 0 Å². The monoisotopic (exact) mass is 279 g/mol. The van der Waals surface area contributed by atoms with E-state index in [0.29, 0.717) is 23.7 Å². The Bertz CT molecular complexity index is 602. The Balaban J connectivity index is 2.12. The molecule has 0 heterocycles. The first-order valence-electron chi connectivity index (χ1n) is 6.04. The van der Waals surface area contributed by atoms with Crippen molar-refractivity contribution in [1.82, 2.24) is 0 Å². The Labute approximate surface area is 116 Å². The fourth-order valence-electron chi connectivity index (χ4n) is 1.80. The van der Waals surface area contributed by atoms with E-state index >= 15 is 0 Å². The Kier molecular flexibility index (Phi) is 4.40. The van der Waals surface area contributed by atoms with E-state index in [0.717, 1.165) is 17.7 Å². The molecule has 0 amide bonds. The van der Waals surface area contributed by atoms with Gasteiger partial charge in [0.2, 0.25) is 0 Å². The molecule has 0 aliphatic carbocycles. The van der Waals surface area contributed by atoms with E-state index in [1.54, 1.807) is 20.3 Å². The lowest BCUT2D eigenvalue weighted by atomic mass is 10.2. The molecule has 0 aliphatic heterocycles. The van der Waals surface area contributed by atoms with Crippen molar-refractivity contribution in [2.24, 2.45) is 0 Å². The number of anilines is 1. The van der Waals surface area contributed by atoms with Crippen molar-refractivity contribution in [3.8, 4) is 11.5 Å². The first-order valence-corrected chi connectivity index (χ1v) is 6.04. The second-order valence-electron chi connectivity index (χ2n) is 4.16. The zero-order chi connectivity index (χ0) is 14.5. The topological polar surface area (TPSA) is 30.5 Å². The lowest BCUT2D eigenvalue weighted by Crippen LogP contribution is -2.02. The highest BCUT2D eigenvalue weighted by Crippen LogP contribution is 2.25. The van der Waals surface area contributed by atoms with E-state index in [9.17, 15) is 8.78 Å². The molecule has 0 aliphatic rings. The molecular formula is C15H15F2NO2. The fourth-order valence-corrected chi connectivity index (χ4v) is 1.80. The van der Waals surface area contributed by atoms with Gasteiger partial charge in [-0.15, -0.1) is 0 Å². The van der Waals surface area contributed by atoms with E-state index < -0.39 is 11.6 Å². The molecule has 5 heteroatoms. The second-order valence-corrected chi connectivity index (χ2v) is 4.16. The molecule has 0 saturated heterocycles. The van der Waals surface area contributed by atoms with E-state index in [2.05, 4.69) is 5.32 Å². The van der Waals surface area contributed by atoms with Gasteiger partial charge in [-0.2, -0.15) is 0 Å². The molecule has 0 fully saturated rings. The predicted molar refractivity (Wildman–Crippen MR) is 73.2 cm³/mol. The Hall–Kier alpha value is -2.30. The summed E-state index contributed by atoms with van der Waals surface area (Å²) in [7, 11) is 3.14. The van der Waals surface area contributed by atoms with Gasteiger partial charge < -0.3 is 14.8 Å². The average Bonchev–Trinajstić information content (AvgIpc) is 2.48. The summed E-state index contributed by atoms with van der Waals surface area (Å²) in [6, 6.07) is 9.11. The summed E-state index contributed by atoms with van der Waals surface area (Å²) < 4.78 is 36.3. The maximum Gasteiger partial charge on any atom is 0.160 e. The number of rotatable bonds is 5. The van der Waals surface area contributed by atoms with Gasteiger partial charge in [-0.05, 0) is 24.3 Å². The van der Waals surface area contributed by atoms with Gasteiger partial charge in [0.15, 0.2) is 11.6 Å². The minimum atomic E-state index is -0.878. The van der Waals surface area contributed by atoms with Gasteiger partial charge in [0.1, 0.15) is 11.5 Å². The number of ether oxygens (including phenoxy) is 2. The zero-order valence-corrected chi connectivity index (χ0v) is 11.2. The van der Waals surface area contributed by atoms with Crippen LogP contribution in [0.1, 0.15) is 5.56 Å². The van der Waals surface area contributed by atoms with Crippen LogP contribution in [0.3, 0.4) is 0 Å². The lowest BCUT2D eigenvalue weighted by Gasteiger charge is -2.12. The zero-order valence-electron chi connectivity index (χ0n) is 11.2. The van der Waals surface area contributed by atoms with Gasteiger partial charge in [0.05, 0.1) is 14.2 Å². The maximum absolute atomic E-state index is 13.1. The molecule has 0 spiro atoms. The minimum Gasteiger partial charge on any atom is -0.497 e. The van der Waals surface area contributed by atoms with Crippen molar-refractivity contribution in [2.45, 2.75) is 6.54 Å². The largest absolute Gasteiger partial charge is 0.497 e. The number of methoxy groups -OCH3 is 2. The maximum atomic E-state index is 13.1. The van der Waals surface area contributed by atoms with Crippen LogP contribution in [0.5, 0.6) is 11.5 Å². The number of hydrogen-bond acceptors (Lipinski definition) is 3. The van der Waals surface area contributed by atoms with Crippen LogP contribution in [0.25, 0.3) is 0 Å². The summed E-state index contributed by atoms with van der Waals surface area (Å²) in [6.45, 7) is 0.429. The van der Waals surface area contributed by atoms with Crippen molar-refractivity contribution >= 4 is 5.69 Å². The van der Waals surface area contributed by atoms with E-state index in [4.69, 9.17) is 9.47 Å². The van der Waals surface area contributed by atoms with Crippen LogP contribution in [0.4, 0.5) is 14.5 Å². The molecule has 2 rings (SSSR count). The third-order valence-electron chi connectivity index (χ3n) is 2.90. The van der Waals surface area contributed by atoms with Gasteiger partial charge in [0, 0.05) is 29.9 Å². The third-order valence-corrected chi connectivity index (χ3v) is 2.90. The number of benzene rings is 2. The molecule has 0 aromatic heterocycles. The van der Waals surface area contributed by atoms with Gasteiger partial charge in [-0.3, -0.25) is 0 Å². The lowest BCUT2D eigenvalue weighted by molar-refractivity contribution is 0.391. The standard InChI is InChI=1S/C15H15F2NO2/c1-19-12-5-3-10(15(8-12)20-2)9-18-11-4-6-13(16)14(17)7-11/h3-8,18H,9H2,1-2H3. The van der Waals surface area contributed by atoms with E-state index in [1.807, 2.05) is 12.1 Å². The Morgan fingerprint density at radius 1 is 0.950 bits per heavy atom. The number of halogens is 2. The smallest absolute Gasteiger partial charge is 0.160 e. The van der Waals surface area contributed by atoms with Gasteiger partial charge in [-0.25, -0.2) is 8.78 Å². The molecule has 1 N–H and O–H groups in total. The molecule has 20 heavy (non-hydrogen) atoms. The molecule has 106 valence electrons. The molecule has 0 unspecified atom stereocenters. The summed E-state index contributed by atoms with van der Waals surface area (Å²) >= 11 is 0. The van der Waals surface area contributed by atoms with Crippen molar-refractivity contribution in [3.05, 3.63) is 53.6 Å². The van der Waals surface area contributed by atoms with Crippen LogP contribution in [0.15, 0.2) is 36.4 Å². The summed E-state index contributed by atoms with van der Waals surface area (Å²) in [5.41, 5.74) is 1.39. The first-order chi connectivity index (χ1) is 9.63. The van der Waals surface area contributed by atoms with Crippen LogP contribution in [0, 0.1) is 11.6 Å². The molecule has 2 aromatic carbocycles. The van der Waals surface area contributed by atoms with Crippen molar-refractivity contribution in [2.75, 3.05) is 19.5 Å². The SMILES string of the molecule is COc1ccc(CNc2ccc(F)c(F)c2)c(OC)c1. The Morgan fingerprint density at radius 2 is 1.75 bits per heavy atom. The molecule has 0 bridgehead atoms. The average molecular weight is 279 g/mol. The highest BCUT2D eigenvalue weighted by Gasteiger charge is 2.06. The highest BCUT2D eigenvalue weighted by atomic mass is 19.2. The minimum absolute atomic E-state index is 0.429. The fraction of sp³-hybridized carbons (Fsp3) is 0.200. The van der Waals surface area contributed by atoms with Crippen LogP contribution in [-0.2, 0) is 6.54 Å².